The second kappa shape index (κ2) is 8.39. The topological polar surface area (TPSA) is 33.0 Å². The highest BCUT2D eigenvalue weighted by Gasteiger charge is 2.11. The number of nitrogens with zero attached hydrogens (tertiary/aromatic N) is 1. The summed E-state index contributed by atoms with van der Waals surface area (Å²) in [6.45, 7) is 7.05. The number of benzene rings is 2. The van der Waals surface area contributed by atoms with Crippen LogP contribution in [0.1, 0.15) is 55.2 Å². The van der Waals surface area contributed by atoms with Gasteiger partial charge in [0.2, 0.25) is 0 Å². The summed E-state index contributed by atoms with van der Waals surface area (Å²) in [7, 11) is 0. The van der Waals surface area contributed by atoms with Gasteiger partial charge in [0.25, 0.3) is 0 Å². The van der Waals surface area contributed by atoms with Crippen LogP contribution in [0.2, 0.25) is 0 Å². The van der Waals surface area contributed by atoms with E-state index >= 15 is 0 Å². The van der Waals surface area contributed by atoms with Gasteiger partial charge >= 0.3 is 0 Å². The first kappa shape index (κ1) is 17.1. The molecule has 0 bridgehead atoms. The molecule has 2 rings (SSSR count). The summed E-state index contributed by atoms with van der Waals surface area (Å²) < 4.78 is 5.94. The second-order valence-electron chi connectivity index (χ2n) is 6.28. The van der Waals surface area contributed by atoms with Gasteiger partial charge in [-0.2, -0.15) is 5.26 Å². The fourth-order valence-corrected chi connectivity index (χ4v) is 2.66. The van der Waals surface area contributed by atoms with E-state index in [1.54, 1.807) is 0 Å². The van der Waals surface area contributed by atoms with Crippen LogP contribution in [0.15, 0.2) is 48.5 Å². The van der Waals surface area contributed by atoms with E-state index in [0.717, 1.165) is 24.2 Å². The van der Waals surface area contributed by atoms with Gasteiger partial charge < -0.3 is 4.74 Å². The lowest BCUT2D eigenvalue weighted by Gasteiger charge is -2.14. The molecule has 0 amide bonds. The zero-order valence-electron chi connectivity index (χ0n) is 14.3. The summed E-state index contributed by atoms with van der Waals surface area (Å²) >= 11 is 0. The van der Waals surface area contributed by atoms with Crippen LogP contribution in [-0.2, 0) is 0 Å². The first-order valence-corrected chi connectivity index (χ1v) is 8.29. The van der Waals surface area contributed by atoms with Crippen molar-refractivity contribution in [3.05, 3.63) is 65.2 Å². The lowest BCUT2D eigenvalue weighted by Crippen LogP contribution is -2.04. The zero-order chi connectivity index (χ0) is 16.7. The number of ether oxygens (including phenoxy) is 1. The molecule has 0 N–H and O–H groups in total. The Morgan fingerprint density at radius 1 is 1.04 bits per heavy atom. The summed E-state index contributed by atoms with van der Waals surface area (Å²) in [5, 5.41) is 9.39. The summed E-state index contributed by atoms with van der Waals surface area (Å²) in [4.78, 5) is 0. The molecule has 0 fully saturated rings. The molecule has 0 saturated heterocycles. The van der Waals surface area contributed by atoms with Crippen molar-refractivity contribution < 1.29 is 4.74 Å². The lowest BCUT2D eigenvalue weighted by atomic mass is 9.95. The molecule has 0 aliphatic heterocycles. The number of aryl methyl sites for hydroxylation is 1. The predicted molar refractivity (Wildman–Crippen MR) is 94.8 cm³/mol. The number of hydrogen-bond donors (Lipinski definition) is 0. The van der Waals surface area contributed by atoms with Gasteiger partial charge in [-0.3, -0.25) is 0 Å². The summed E-state index contributed by atoms with van der Waals surface area (Å²) in [5.41, 5.74) is 3.56. The Bertz CT molecular complexity index is 652. The van der Waals surface area contributed by atoms with Crippen molar-refractivity contribution in [3.8, 4) is 11.8 Å². The predicted octanol–water partition coefficient (Wildman–Crippen LogP) is 5.58. The van der Waals surface area contributed by atoms with Gasteiger partial charge in [0.05, 0.1) is 18.6 Å². The maximum absolute atomic E-state index is 9.39. The highest BCUT2D eigenvalue weighted by Crippen LogP contribution is 2.26. The van der Waals surface area contributed by atoms with Gasteiger partial charge in [-0.15, -0.1) is 0 Å². The Morgan fingerprint density at radius 3 is 2.39 bits per heavy atom. The molecule has 0 aliphatic rings. The Balaban J connectivity index is 1.87. The average Bonchev–Trinajstić information content (AvgIpc) is 2.56. The SMILES string of the molecule is Cc1ccc(C(C#N)CCCOc2ccccc2C(C)C)cc1. The van der Waals surface area contributed by atoms with Crippen molar-refractivity contribution in [3.63, 3.8) is 0 Å². The fraction of sp³-hybridized carbons (Fsp3) is 0.381. The number of hydrogen-bond acceptors (Lipinski definition) is 2. The minimum absolute atomic E-state index is 0.0560. The molecule has 0 saturated carbocycles. The van der Waals surface area contributed by atoms with Crippen molar-refractivity contribution in [2.45, 2.75) is 45.4 Å². The van der Waals surface area contributed by atoms with E-state index in [-0.39, 0.29) is 5.92 Å². The van der Waals surface area contributed by atoms with Crippen LogP contribution < -0.4 is 4.74 Å². The fourth-order valence-electron chi connectivity index (χ4n) is 2.66. The Morgan fingerprint density at radius 2 is 1.74 bits per heavy atom. The number of nitriles is 1. The van der Waals surface area contributed by atoms with E-state index in [4.69, 9.17) is 4.74 Å². The molecule has 0 aliphatic carbocycles. The molecule has 2 aromatic carbocycles. The van der Waals surface area contributed by atoms with Crippen LogP contribution in [0.25, 0.3) is 0 Å². The normalized spacial score (nSPS) is 12.0. The van der Waals surface area contributed by atoms with Crippen LogP contribution in [0.3, 0.4) is 0 Å². The number of para-hydroxylation sites is 1. The van der Waals surface area contributed by atoms with Gasteiger partial charge in [-0.1, -0.05) is 61.9 Å². The Kier molecular flexibility index (Phi) is 6.23. The molecule has 1 unspecified atom stereocenters. The average molecular weight is 307 g/mol. The van der Waals surface area contributed by atoms with E-state index in [2.05, 4.69) is 57.2 Å². The van der Waals surface area contributed by atoms with E-state index in [1.165, 1.54) is 11.1 Å². The van der Waals surface area contributed by atoms with Gasteiger partial charge in [0.15, 0.2) is 0 Å². The van der Waals surface area contributed by atoms with Crippen LogP contribution >= 0.6 is 0 Å². The first-order chi connectivity index (χ1) is 11.1. The molecular weight excluding hydrogens is 282 g/mol. The van der Waals surface area contributed by atoms with Gasteiger partial charge in [0, 0.05) is 0 Å². The largest absolute Gasteiger partial charge is 0.493 e. The monoisotopic (exact) mass is 307 g/mol. The molecule has 120 valence electrons. The molecular formula is C21H25NO. The molecule has 2 aromatic rings. The third kappa shape index (κ3) is 4.86. The molecule has 0 aromatic heterocycles. The van der Waals surface area contributed by atoms with Crippen LogP contribution in [0, 0.1) is 18.3 Å². The smallest absolute Gasteiger partial charge is 0.122 e. The van der Waals surface area contributed by atoms with Crippen LogP contribution in [0.4, 0.5) is 0 Å². The minimum atomic E-state index is -0.0560. The van der Waals surface area contributed by atoms with Crippen molar-refractivity contribution in [2.75, 3.05) is 6.61 Å². The van der Waals surface area contributed by atoms with Crippen molar-refractivity contribution >= 4 is 0 Å². The molecule has 0 spiro atoms. The quantitative estimate of drug-likeness (QED) is 0.625. The van der Waals surface area contributed by atoms with E-state index in [0.29, 0.717) is 12.5 Å². The van der Waals surface area contributed by atoms with Crippen LogP contribution in [-0.4, -0.2) is 6.61 Å². The molecule has 2 heteroatoms. The van der Waals surface area contributed by atoms with Gasteiger partial charge in [-0.05, 0) is 42.9 Å². The first-order valence-electron chi connectivity index (χ1n) is 8.29. The molecule has 2 nitrogen and oxygen atoms in total. The third-order valence-corrected chi connectivity index (χ3v) is 4.07. The highest BCUT2D eigenvalue weighted by atomic mass is 16.5. The molecule has 1 atom stereocenters. The zero-order valence-corrected chi connectivity index (χ0v) is 14.3. The van der Waals surface area contributed by atoms with Crippen LogP contribution in [0.5, 0.6) is 5.75 Å². The van der Waals surface area contributed by atoms with E-state index in [1.807, 2.05) is 18.2 Å². The van der Waals surface area contributed by atoms with Gasteiger partial charge in [0.1, 0.15) is 5.75 Å². The molecule has 0 radical (unpaired) electrons. The van der Waals surface area contributed by atoms with E-state index < -0.39 is 0 Å². The number of rotatable bonds is 7. The Labute approximate surface area is 139 Å². The Hall–Kier alpha value is -2.27. The third-order valence-electron chi connectivity index (χ3n) is 4.07. The lowest BCUT2D eigenvalue weighted by molar-refractivity contribution is 0.301. The van der Waals surface area contributed by atoms with Crippen molar-refractivity contribution in [2.24, 2.45) is 0 Å². The summed E-state index contributed by atoms with van der Waals surface area (Å²) in [5.74, 6) is 1.36. The minimum Gasteiger partial charge on any atom is -0.493 e. The van der Waals surface area contributed by atoms with Gasteiger partial charge in [-0.25, -0.2) is 0 Å². The standard InChI is InChI=1S/C21H25NO/c1-16(2)20-8-4-5-9-21(20)23-14-6-7-19(15-22)18-12-10-17(3)11-13-18/h4-5,8-13,16,19H,6-7,14H2,1-3H3. The van der Waals surface area contributed by atoms with Crippen molar-refractivity contribution in [1.29, 1.82) is 5.26 Å². The highest BCUT2D eigenvalue weighted by molar-refractivity contribution is 5.35. The maximum atomic E-state index is 9.39. The van der Waals surface area contributed by atoms with E-state index in [9.17, 15) is 5.26 Å². The molecule has 0 heterocycles. The summed E-state index contributed by atoms with van der Waals surface area (Å²) in [6, 6.07) is 18.8. The second-order valence-corrected chi connectivity index (χ2v) is 6.28. The maximum Gasteiger partial charge on any atom is 0.122 e. The summed E-state index contributed by atoms with van der Waals surface area (Å²) in [6.07, 6.45) is 1.70. The van der Waals surface area contributed by atoms with Crippen molar-refractivity contribution in [1.82, 2.24) is 0 Å². The molecule has 23 heavy (non-hydrogen) atoms.